The molecule has 6 nitrogen and oxygen atoms in total. The van der Waals surface area contributed by atoms with Crippen molar-refractivity contribution in [3.8, 4) is 5.75 Å². The predicted molar refractivity (Wildman–Crippen MR) is 108 cm³/mol. The molecule has 2 aromatic rings. The van der Waals surface area contributed by atoms with E-state index in [2.05, 4.69) is 29.9 Å². The van der Waals surface area contributed by atoms with Crippen LogP contribution in [0, 0.1) is 6.92 Å². The van der Waals surface area contributed by atoms with Crippen molar-refractivity contribution in [1.82, 2.24) is 14.9 Å². The number of carbonyl (C=O) groups is 1. The van der Waals surface area contributed by atoms with Gasteiger partial charge in [-0.2, -0.15) is 0 Å². The summed E-state index contributed by atoms with van der Waals surface area (Å²) in [6.07, 6.45) is 1.28. The number of amides is 1. The Labute approximate surface area is 161 Å². The van der Waals surface area contributed by atoms with Gasteiger partial charge < -0.3 is 15.4 Å². The zero-order valence-electron chi connectivity index (χ0n) is 17.1. The Kier molecular flexibility index (Phi) is 6.77. The van der Waals surface area contributed by atoms with E-state index in [0.717, 1.165) is 17.7 Å². The number of aryl methyl sites for hydroxylation is 1. The molecular weight excluding hydrogens is 340 g/mol. The van der Waals surface area contributed by atoms with E-state index in [-0.39, 0.29) is 11.9 Å². The monoisotopic (exact) mass is 370 g/mol. The van der Waals surface area contributed by atoms with Crippen molar-refractivity contribution in [2.24, 2.45) is 0 Å². The molecule has 0 radical (unpaired) electrons. The summed E-state index contributed by atoms with van der Waals surface area (Å²) in [7, 11) is 3.42. The van der Waals surface area contributed by atoms with Gasteiger partial charge in [-0.25, -0.2) is 9.97 Å². The molecular formula is C21H30N4O2. The maximum absolute atomic E-state index is 12.7. The number of aromatic nitrogens is 2. The maximum Gasteiger partial charge on any atom is 0.257 e. The molecule has 1 aromatic heterocycles. The minimum Gasteiger partial charge on any atom is -0.484 e. The molecule has 0 fully saturated rings. The van der Waals surface area contributed by atoms with Gasteiger partial charge in [0.1, 0.15) is 11.9 Å². The van der Waals surface area contributed by atoms with Crippen LogP contribution in [0.25, 0.3) is 0 Å². The fourth-order valence-electron chi connectivity index (χ4n) is 3.04. The second-order valence-electron chi connectivity index (χ2n) is 6.99. The average Bonchev–Trinajstić information content (AvgIpc) is 2.64. The molecule has 2 unspecified atom stereocenters. The molecule has 2 rings (SSSR count). The van der Waals surface area contributed by atoms with Gasteiger partial charge in [0.05, 0.1) is 17.0 Å². The summed E-state index contributed by atoms with van der Waals surface area (Å²) in [5, 5.41) is 0. The van der Waals surface area contributed by atoms with Crippen LogP contribution in [0.4, 0.5) is 5.95 Å². The number of anilines is 1. The SMILES string of the molecule is CCC(C)c1ccccc1OC(CC)c1nc(N)nc(C)c1C(=O)N(C)C. The highest BCUT2D eigenvalue weighted by atomic mass is 16.5. The zero-order valence-corrected chi connectivity index (χ0v) is 17.1. The summed E-state index contributed by atoms with van der Waals surface area (Å²) in [6, 6.07) is 8.03. The van der Waals surface area contributed by atoms with Gasteiger partial charge in [-0.05, 0) is 37.3 Å². The van der Waals surface area contributed by atoms with Crippen LogP contribution < -0.4 is 10.5 Å². The molecule has 2 atom stereocenters. The number of rotatable bonds is 7. The third-order valence-electron chi connectivity index (χ3n) is 4.76. The fraction of sp³-hybridized carbons (Fsp3) is 0.476. The summed E-state index contributed by atoms with van der Waals surface area (Å²) in [4.78, 5) is 22.8. The molecule has 2 N–H and O–H groups in total. The number of nitrogens with two attached hydrogens (primary N) is 1. The van der Waals surface area contributed by atoms with Crippen molar-refractivity contribution in [2.45, 2.75) is 52.6 Å². The minimum atomic E-state index is -0.391. The average molecular weight is 370 g/mol. The topological polar surface area (TPSA) is 81.3 Å². The van der Waals surface area contributed by atoms with Gasteiger partial charge in [0.2, 0.25) is 5.95 Å². The van der Waals surface area contributed by atoms with Gasteiger partial charge in [0.25, 0.3) is 5.91 Å². The van der Waals surface area contributed by atoms with E-state index in [1.807, 2.05) is 25.1 Å². The molecule has 0 aliphatic heterocycles. The number of benzene rings is 1. The molecule has 27 heavy (non-hydrogen) atoms. The number of ether oxygens (including phenoxy) is 1. The van der Waals surface area contributed by atoms with Crippen molar-refractivity contribution < 1.29 is 9.53 Å². The lowest BCUT2D eigenvalue weighted by atomic mass is 9.97. The van der Waals surface area contributed by atoms with Crippen LogP contribution in [-0.2, 0) is 0 Å². The Hall–Kier alpha value is -2.63. The lowest BCUT2D eigenvalue weighted by Gasteiger charge is -2.24. The molecule has 146 valence electrons. The standard InChI is InChI=1S/C21H30N4O2/c1-7-13(3)15-11-9-10-12-17(15)27-16(8-2)19-18(20(26)25(5)6)14(4)23-21(22)24-19/h9-13,16H,7-8H2,1-6H3,(H2,22,23,24). The molecule has 0 saturated heterocycles. The quantitative estimate of drug-likeness (QED) is 0.793. The first-order valence-electron chi connectivity index (χ1n) is 9.41. The van der Waals surface area contributed by atoms with E-state index in [1.54, 1.807) is 21.0 Å². The summed E-state index contributed by atoms with van der Waals surface area (Å²) in [6.45, 7) is 8.12. The Morgan fingerprint density at radius 3 is 2.44 bits per heavy atom. The smallest absolute Gasteiger partial charge is 0.257 e. The van der Waals surface area contributed by atoms with Crippen LogP contribution in [0.1, 0.15) is 72.9 Å². The van der Waals surface area contributed by atoms with Crippen LogP contribution in [0.15, 0.2) is 24.3 Å². The molecule has 1 amide bonds. The van der Waals surface area contributed by atoms with Gasteiger partial charge >= 0.3 is 0 Å². The molecule has 1 heterocycles. The van der Waals surface area contributed by atoms with Crippen LogP contribution in [0.2, 0.25) is 0 Å². The summed E-state index contributed by atoms with van der Waals surface area (Å²) >= 11 is 0. The van der Waals surface area contributed by atoms with Crippen LogP contribution >= 0.6 is 0 Å². The molecule has 1 aromatic carbocycles. The zero-order chi connectivity index (χ0) is 20.1. The lowest BCUT2D eigenvalue weighted by molar-refractivity contribution is 0.0819. The van der Waals surface area contributed by atoms with Crippen molar-refractivity contribution in [3.05, 3.63) is 46.8 Å². The Balaban J connectivity index is 2.52. The number of hydrogen-bond acceptors (Lipinski definition) is 5. The van der Waals surface area contributed by atoms with E-state index >= 15 is 0 Å². The number of hydrogen-bond donors (Lipinski definition) is 1. The first-order chi connectivity index (χ1) is 12.8. The third kappa shape index (κ3) is 4.56. The van der Waals surface area contributed by atoms with Gasteiger partial charge in [-0.1, -0.05) is 39.0 Å². The molecule has 6 heteroatoms. The summed E-state index contributed by atoms with van der Waals surface area (Å²) < 4.78 is 6.37. The number of carbonyl (C=O) groups excluding carboxylic acids is 1. The highest BCUT2D eigenvalue weighted by Crippen LogP contribution is 2.34. The highest BCUT2D eigenvalue weighted by Gasteiger charge is 2.27. The predicted octanol–water partition coefficient (Wildman–Crippen LogP) is 4.11. The Bertz CT molecular complexity index is 805. The van der Waals surface area contributed by atoms with E-state index in [1.165, 1.54) is 4.90 Å². The highest BCUT2D eigenvalue weighted by molar-refractivity contribution is 5.96. The lowest BCUT2D eigenvalue weighted by Crippen LogP contribution is -2.27. The third-order valence-corrected chi connectivity index (χ3v) is 4.76. The van der Waals surface area contributed by atoms with Crippen LogP contribution in [0.5, 0.6) is 5.75 Å². The van der Waals surface area contributed by atoms with E-state index < -0.39 is 6.10 Å². The number of nitrogens with zero attached hydrogens (tertiary/aromatic N) is 3. The molecule has 0 saturated carbocycles. The van der Waals surface area contributed by atoms with Crippen LogP contribution in [-0.4, -0.2) is 34.9 Å². The van der Waals surface area contributed by atoms with Crippen molar-refractivity contribution in [3.63, 3.8) is 0 Å². The van der Waals surface area contributed by atoms with Crippen LogP contribution in [0.3, 0.4) is 0 Å². The molecule has 0 bridgehead atoms. The molecule has 0 aliphatic carbocycles. The summed E-state index contributed by atoms with van der Waals surface area (Å²) in [5.74, 6) is 1.19. The Morgan fingerprint density at radius 2 is 1.85 bits per heavy atom. The van der Waals surface area contributed by atoms with Gasteiger partial charge in [0.15, 0.2) is 0 Å². The first kappa shape index (κ1) is 20.7. The second-order valence-corrected chi connectivity index (χ2v) is 6.99. The Morgan fingerprint density at radius 1 is 1.19 bits per heavy atom. The maximum atomic E-state index is 12.7. The van der Waals surface area contributed by atoms with E-state index in [0.29, 0.717) is 29.3 Å². The van der Waals surface area contributed by atoms with Crippen molar-refractivity contribution >= 4 is 11.9 Å². The second kappa shape index (κ2) is 8.84. The van der Waals surface area contributed by atoms with E-state index in [9.17, 15) is 4.79 Å². The first-order valence-corrected chi connectivity index (χ1v) is 9.41. The van der Waals surface area contributed by atoms with Crippen molar-refractivity contribution in [2.75, 3.05) is 19.8 Å². The van der Waals surface area contributed by atoms with Gasteiger partial charge in [-0.3, -0.25) is 4.79 Å². The molecule has 0 aliphatic rings. The number of para-hydroxylation sites is 1. The van der Waals surface area contributed by atoms with Crippen molar-refractivity contribution in [1.29, 1.82) is 0 Å². The summed E-state index contributed by atoms with van der Waals surface area (Å²) in [5.41, 5.74) is 8.60. The largest absolute Gasteiger partial charge is 0.484 e. The normalized spacial score (nSPS) is 13.1. The number of nitrogen functional groups attached to an aromatic ring is 1. The molecule has 0 spiro atoms. The fourth-order valence-corrected chi connectivity index (χ4v) is 3.04. The minimum absolute atomic E-state index is 0.148. The van der Waals surface area contributed by atoms with E-state index in [4.69, 9.17) is 10.5 Å². The van der Waals surface area contributed by atoms with Gasteiger partial charge in [0, 0.05) is 14.1 Å². The van der Waals surface area contributed by atoms with Gasteiger partial charge in [-0.15, -0.1) is 0 Å².